The second-order valence-corrected chi connectivity index (χ2v) is 14.6. The third-order valence-electron chi connectivity index (χ3n) is 11.1. The first-order valence-electron chi connectivity index (χ1n) is 18.6. The van der Waals surface area contributed by atoms with E-state index in [0.29, 0.717) is 11.7 Å². The summed E-state index contributed by atoms with van der Waals surface area (Å²) < 4.78 is 32.0. The maximum atomic E-state index is 13.9. The molecule has 0 atom stereocenters. The van der Waals surface area contributed by atoms with Gasteiger partial charge in [0.05, 0.1) is 22.9 Å². The molecule has 2 bridgehead atoms. The van der Waals surface area contributed by atoms with Gasteiger partial charge in [0.15, 0.2) is 0 Å². The van der Waals surface area contributed by atoms with Gasteiger partial charge >= 0.3 is 0 Å². The van der Waals surface area contributed by atoms with E-state index >= 15 is 0 Å². The quantitative estimate of drug-likeness (QED) is 0.205. The second-order valence-electron chi connectivity index (χ2n) is 14.6. The summed E-state index contributed by atoms with van der Waals surface area (Å²) in [4.78, 5) is 16.9. The van der Waals surface area contributed by atoms with E-state index < -0.39 is 11.6 Å². The SMILES string of the molecule is C=C1Nc2nc3ccc(N4CCN(C5CCN(c6cc(F)cc(F)c6)CC5)CC4=C)cc3n2CCCCCCc2c(cnn2C)-c2cc1cc(C)n2. The molecule has 5 aromatic rings. The molecule has 3 aliphatic heterocycles. The number of aryl methyl sites for hydroxylation is 3. The van der Waals surface area contributed by atoms with Gasteiger partial charge in [-0.15, -0.1) is 0 Å². The summed E-state index contributed by atoms with van der Waals surface area (Å²) in [5, 5.41) is 8.16. The first kappa shape index (κ1) is 34.1. The lowest BCUT2D eigenvalue weighted by atomic mass is 10.0. The molecule has 0 saturated carbocycles. The normalized spacial score (nSPS) is 18.2. The van der Waals surface area contributed by atoms with Crippen LogP contribution < -0.4 is 15.1 Å². The van der Waals surface area contributed by atoms with E-state index in [1.54, 1.807) is 0 Å². The van der Waals surface area contributed by atoms with Gasteiger partial charge in [-0.2, -0.15) is 5.10 Å². The summed E-state index contributed by atoms with van der Waals surface area (Å²) in [6.45, 7) is 16.0. The number of anilines is 3. The number of benzene rings is 2. The van der Waals surface area contributed by atoms with Crippen molar-refractivity contribution in [1.29, 1.82) is 0 Å². The van der Waals surface area contributed by atoms with Gasteiger partial charge in [-0.3, -0.25) is 14.6 Å². The molecule has 2 aromatic carbocycles. The molecule has 270 valence electrons. The number of piperidine rings is 1. The summed E-state index contributed by atoms with van der Waals surface area (Å²) >= 11 is 0. The number of rotatable bonds is 3. The number of halogens is 2. The molecular formula is C41H47F2N9. The minimum Gasteiger partial charge on any atom is -0.371 e. The first-order chi connectivity index (χ1) is 25.2. The molecule has 2 fully saturated rings. The smallest absolute Gasteiger partial charge is 0.208 e. The first-order valence-corrected chi connectivity index (χ1v) is 18.6. The zero-order valence-electron chi connectivity index (χ0n) is 30.2. The summed E-state index contributed by atoms with van der Waals surface area (Å²) in [6, 6.07) is 14.9. The standard InChI is InChI=1S/C41H47F2N9/c1-27-19-30-20-38(45-27)36-25-44-48(4)39(36)9-7-5-6-8-14-52-40-24-34(10-11-37(40)47-41(52)46-29(30)3)51-18-17-50(26-28(51)2)33-12-15-49(16-13-33)35-22-31(42)21-32(43)23-35/h10-11,19-25,33H,2-3,5-9,12-18,26H2,1,4H3,(H,46,47). The Balaban J connectivity index is 0.998. The van der Waals surface area contributed by atoms with Crippen molar-refractivity contribution in [2.75, 3.05) is 47.8 Å². The Bertz CT molecular complexity index is 2120. The average molecular weight is 704 g/mol. The van der Waals surface area contributed by atoms with Crippen molar-refractivity contribution in [1.82, 2.24) is 29.2 Å². The average Bonchev–Trinajstić information content (AvgIpc) is 3.67. The van der Waals surface area contributed by atoms with Crippen LogP contribution in [0, 0.1) is 18.6 Å². The maximum Gasteiger partial charge on any atom is 0.208 e. The summed E-state index contributed by atoms with van der Waals surface area (Å²) in [6.07, 6.45) is 9.19. The van der Waals surface area contributed by atoms with Crippen LogP contribution in [-0.2, 0) is 20.0 Å². The van der Waals surface area contributed by atoms with Crippen molar-refractivity contribution < 1.29 is 8.78 Å². The van der Waals surface area contributed by atoms with Crippen LogP contribution in [-0.4, -0.2) is 68.0 Å². The Morgan fingerprint density at radius 1 is 0.827 bits per heavy atom. The Morgan fingerprint density at radius 2 is 1.62 bits per heavy atom. The monoisotopic (exact) mass is 703 g/mol. The Kier molecular flexibility index (Phi) is 9.29. The molecule has 1 N–H and O–H groups in total. The number of fused-ring (bicyclic) bond motifs is 7. The lowest BCUT2D eigenvalue weighted by Gasteiger charge is -2.44. The zero-order valence-corrected chi connectivity index (χ0v) is 30.2. The Morgan fingerprint density at radius 3 is 2.40 bits per heavy atom. The van der Waals surface area contributed by atoms with Crippen molar-refractivity contribution in [3.63, 3.8) is 0 Å². The van der Waals surface area contributed by atoms with Crippen LogP contribution in [0.3, 0.4) is 0 Å². The number of pyridine rings is 1. The predicted molar refractivity (Wildman–Crippen MR) is 205 cm³/mol. The highest BCUT2D eigenvalue weighted by Gasteiger charge is 2.30. The van der Waals surface area contributed by atoms with E-state index in [9.17, 15) is 8.78 Å². The molecule has 3 aliphatic rings. The van der Waals surface area contributed by atoms with Crippen LogP contribution >= 0.6 is 0 Å². The van der Waals surface area contributed by atoms with E-state index in [-0.39, 0.29) is 0 Å². The minimum absolute atomic E-state index is 0.412. The lowest BCUT2D eigenvalue weighted by Crippen LogP contribution is -2.52. The van der Waals surface area contributed by atoms with Crippen molar-refractivity contribution in [2.45, 2.75) is 64.5 Å². The molecule has 0 aliphatic carbocycles. The van der Waals surface area contributed by atoms with Gasteiger partial charge in [-0.25, -0.2) is 13.8 Å². The van der Waals surface area contributed by atoms with Crippen LogP contribution in [0.2, 0.25) is 0 Å². The third kappa shape index (κ3) is 6.81. The number of aromatic nitrogens is 5. The molecule has 11 heteroatoms. The molecule has 0 radical (unpaired) electrons. The second kappa shape index (κ2) is 14.2. The van der Waals surface area contributed by atoms with Crippen LogP contribution in [0.1, 0.15) is 55.5 Å². The van der Waals surface area contributed by atoms with Gasteiger partial charge in [0, 0.05) is 104 Å². The van der Waals surface area contributed by atoms with Gasteiger partial charge in [-0.05, 0) is 81.5 Å². The van der Waals surface area contributed by atoms with E-state index in [2.05, 4.69) is 73.2 Å². The fourth-order valence-electron chi connectivity index (χ4n) is 8.30. The Labute approximate surface area is 304 Å². The van der Waals surface area contributed by atoms with Gasteiger partial charge in [0.1, 0.15) is 11.6 Å². The molecule has 9 nitrogen and oxygen atoms in total. The van der Waals surface area contributed by atoms with Crippen molar-refractivity contribution in [3.05, 3.63) is 102 Å². The van der Waals surface area contributed by atoms with E-state index in [1.165, 1.54) is 17.8 Å². The Hall–Kier alpha value is -5.03. The van der Waals surface area contributed by atoms with E-state index in [1.807, 2.05) is 24.9 Å². The number of hydrogen-bond acceptors (Lipinski definition) is 7. The summed E-state index contributed by atoms with van der Waals surface area (Å²) in [5.41, 5.74) is 10.8. The summed E-state index contributed by atoms with van der Waals surface area (Å²) in [5.74, 6) is -0.267. The predicted octanol–water partition coefficient (Wildman–Crippen LogP) is 7.92. The number of piperazine rings is 1. The molecule has 3 aromatic heterocycles. The van der Waals surface area contributed by atoms with Crippen molar-refractivity contribution in [2.24, 2.45) is 7.05 Å². The number of hydrogen-bond donors (Lipinski definition) is 1. The molecular weight excluding hydrogens is 657 g/mol. The molecule has 8 rings (SSSR count). The van der Waals surface area contributed by atoms with E-state index in [0.717, 1.165) is 147 Å². The highest BCUT2D eigenvalue weighted by Crippen LogP contribution is 2.33. The lowest BCUT2D eigenvalue weighted by molar-refractivity contribution is 0.174. The van der Waals surface area contributed by atoms with Crippen molar-refractivity contribution in [3.8, 4) is 11.3 Å². The van der Waals surface area contributed by atoms with Gasteiger partial charge in [0.25, 0.3) is 0 Å². The van der Waals surface area contributed by atoms with Crippen LogP contribution in [0.15, 0.2) is 73.6 Å². The minimum atomic E-state index is -0.530. The van der Waals surface area contributed by atoms with Gasteiger partial charge < -0.3 is 19.7 Å². The molecule has 6 heterocycles. The fraction of sp³-hybridized carbons (Fsp3) is 0.390. The number of nitrogens with zero attached hydrogens (tertiary/aromatic N) is 8. The molecule has 52 heavy (non-hydrogen) atoms. The maximum absolute atomic E-state index is 13.9. The molecule has 0 amide bonds. The topological polar surface area (TPSA) is 70.3 Å². The van der Waals surface area contributed by atoms with Crippen LogP contribution in [0.25, 0.3) is 28.0 Å². The molecule has 0 unspecified atom stereocenters. The number of imidazole rings is 1. The fourth-order valence-corrected chi connectivity index (χ4v) is 8.30. The molecule has 2 saturated heterocycles. The van der Waals surface area contributed by atoms with E-state index in [4.69, 9.17) is 9.97 Å². The highest BCUT2D eigenvalue weighted by atomic mass is 19.1. The van der Waals surface area contributed by atoms with Crippen molar-refractivity contribution >= 4 is 34.1 Å². The van der Waals surface area contributed by atoms with Gasteiger partial charge in [0.2, 0.25) is 5.95 Å². The molecule has 0 spiro atoms. The third-order valence-corrected chi connectivity index (χ3v) is 11.1. The van der Waals surface area contributed by atoms with Crippen LogP contribution in [0.4, 0.5) is 26.1 Å². The largest absolute Gasteiger partial charge is 0.371 e. The highest BCUT2D eigenvalue weighted by molar-refractivity contribution is 5.85. The number of nitrogens with one attached hydrogen (secondary N) is 1. The van der Waals surface area contributed by atoms with Gasteiger partial charge in [-0.1, -0.05) is 26.0 Å². The zero-order chi connectivity index (χ0) is 35.9. The van der Waals surface area contributed by atoms with Crippen LogP contribution in [0.5, 0.6) is 0 Å². The summed E-state index contributed by atoms with van der Waals surface area (Å²) in [7, 11) is 2.02.